The Kier molecular flexibility index (Phi) is 4.83. The van der Waals surface area contributed by atoms with Gasteiger partial charge >= 0.3 is 0 Å². The van der Waals surface area contributed by atoms with Gasteiger partial charge in [-0.25, -0.2) is 0 Å². The van der Waals surface area contributed by atoms with Crippen LogP contribution in [-0.2, 0) is 4.79 Å². The Hall–Kier alpha value is -1.06. The molecule has 0 radical (unpaired) electrons. The number of nitrogens with one attached hydrogen (secondary N) is 1. The number of halogens is 1. The molecule has 19 heavy (non-hydrogen) atoms. The van der Waals surface area contributed by atoms with Crippen molar-refractivity contribution in [1.82, 2.24) is 10.2 Å². The zero-order chi connectivity index (χ0) is 13.8. The van der Waals surface area contributed by atoms with E-state index in [-0.39, 0.29) is 11.9 Å². The third kappa shape index (κ3) is 3.48. The Bertz CT molecular complexity index is 450. The van der Waals surface area contributed by atoms with Gasteiger partial charge in [0.05, 0.1) is 0 Å². The third-order valence-electron chi connectivity index (χ3n) is 3.70. The van der Waals surface area contributed by atoms with Crippen LogP contribution in [0.4, 0.5) is 0 Å². The lowest BCUT2D eigenvalue weighted by atomic mass is 10.1. The molecule has 1 saturated heterocycles. The number of amides is 1. The molecule has 3 nitrogen and oxygen atoms in total. The summed E-state index contributed by atoms with van der Waals surface area (Å²) in [6.07, 6.45) is 1.60. The van der Waals surface area contributed by atoms with Crippen molar-refractivity contribution < 1.29 is 4.79 Å². The van der Waals surface area contributed by atoms with Crippen LogP contribution in [0.25, 0.3) is 0 Å². The van der Waals surface area contributed by atoms with E-state index < -0.39 is 0 Å². The van der Waals surface area contributed by atoms with Gasteiger partial charge in [-0.15, -0.1) is 0 Å². The zero-order valence-electron chi connectivity index (χ0n) is 11.5. The Balaban J connectivity index is 1.92. The second kappa shape index (κ2) is 6.40. The van der Waals surface area contributed by atoms with E-state index in [1.165, 1.54) is 0 Å². The van der Waals surface area contributed by atoms with Crippen molar-refractivity contribution in [3.05, 3.63) is 34.9 Å². The molecule has 2 atom stereocenters. The van der Waals surface area contributed by atoms with E-state index in [4.69, 9.17) is 11.6 Å². The molecule has 0 aliphatic carbocycles. The average Bonchev–Trinajstić information content (AvgIpc) is 2.86. The molecule has 0 spiro atoms. The minimum absolute atomic E-state index is 0.204. The smallest absolute Gasteiger partial charge is 0.222 e. The molecule has 0 unspecified atom stereocenters. The van der Waals surface area contributed by atoms with E-state index in [1.807, 2.05) is 36.1 Å². The van der Waals surface area contributed by atoms with Crippen LogP contribution in [0.2, 0.25) is 5.02 Å². The van der Waals surface area contributed by atoms with E-state index in [2.05, 4.69) is 12.2 Å². The fourth-order valence-electron chi connectivity index (χ4n) is 2.62. The molecule has 1 aromatic rings. The molecule has 1 aliphatic heterocycles. The van der Waals surface area contributed by atoms with Crippen LogP contribution < -0.4 is 5.32 Å². The van der Waals surface area contributed by atoms with Gasteiger partial charge in [0.2, 0.25) is 5.91 Å². The van der Waals surface area contributed by atoms with Crippen LogP contribution in [0.3, 0.4) is 0 Å². The molecule has 1 aliphatic rings. The number of carbonyl (C=O) groups excluding carboxylic acids is 1. The number of benzene rings is 1. The first kappa shape index (κ1) is 14.4. The van der Waals surface area contributed by atoms with Crippen molar-refractivity contribution in [2.45, 2.75) is 38.8 Å². The van der Waals surface area contributed by atoms with E-state index in [0.29, 0.717) is 12.5 Å². The second-order valence-corrected chi connectivity index (χ2v) is 5.50. The molecule has 104 valence electrons. The van der Waals surface area contributed by atoms with Crippen molar-refractivity contribution in [2.24, 2.45) is 0 Å². The summed E-state index contributed by atoms with van der Waals surface area (Å²) in [5, 5.41) is 4.36. The minimum Gasteiger partial charge on any atom is -0.341 e. The van der Waals surface area contributed by atoms with E-state index in [0.717, 1.165) is 30.1 Å². The monoisotopic (exact) mass is 280 g/mol. The van der Waals surface area contributed by atoms with Crippen LogP contribution in [0.15, 0.2) is 24.3 Å². The van der Waals surface area contributed by atoms with Gasteiger partial charge in [0.25, 0.3) is 0 Å². The first-order valence-corrected chi connectivity index (χ1v) is 7.28. The van der Waals surface area contributed by atoms with Gasteiger partial charge in [0.1, 0.15) is 0 Å². The van der Waals surface area contributed by atoms with Gasteiger partial charge in [0, 0.05) is 36.6 Å². The van der Waals surface area contributed by atoms with Crippen molar-refractivity contribution in [2.75, 3.05) is 13.1 Å². The van der Waals surface area contributed by atoms with Crippen LogP contribution in [0.1, 0.15) is 38.3 Å². The lowest BCUT2D eigenvalue weighted by molar-refractivity contribution is -0.129. The lowest BCUT2D eigenvalue weighted by Crippen LogP contribution is -2.36. The highest BCUT2D eigenvalue weighted by atomic mass is 35.5. The standard InChI is InChI=1S/C15H21ClN2O/c1-3-15(19)18-9-8-12(10-18)17-11(2)13-6-4-5-7-14(13)16/h4-7,11-12,17H,3,8-10H2,1-2H3/t11-,12+/m0/s1. The number of carbonyl (C=O) groups is 1. The van der Waals surface area contributed by atoms with Gasteiger partial charge in [-0.1, -0.05) is 36.7 Å². The Morgan fingerprint density at radius 2 is 2.26 bits per heavy atom. The lowest BCUT2D eigenvalue weighted by Gasteiger charge is -2.21. The van der Waals surface area contributed by atoms with Gasteiger partial charge in [-0.3, -0.25) is 4.79 Å². The molecule has 1 aromatic carbocycles. The fraction of sp³-hybridized carbons (Fsp3) is 0.533. The fourth-order valence-corrected chi connectivity index (χ4v) is 2.92. The molecular formula is C15H21ClN2O. The summed E-state index contributed by atoms with van der Waals surface area (Å²) in [5.74, 6) is 0.245. The first-order valence-electron chi connectivity index (χ1n) is 6.90. The second-order valence-electron chi connectivity index (χ2n) is 5.09. The first-order chi connectivity index (χ1) is 9.11. The Labute approximate surface area is 119 Å². The molecule has 1 amide bonds. The molecule has 0 saturated carbocycles. The quantitative estimate of drug-likeness (QED) is 0.920. The SMILES string of the molecule is CCC(=O)N1CC[C@@H](N[C@@H](C)c2ccccc2Cl)C1. The number of hydrogen-bond acceptors (Lipinski definition) is 2. The van der Waals surface area contributed by atoms with Gasteiger partial charge in [-0.05, 0) is 25.0 Å². The summed E-state index contributed by atoms with van der Waals surface area (Å²) in [5.41, 5.74) is 1.12. The van der Waals surface area contributed by atoms with Gasteiger partial charge < -0.3 is 10.2 Å². The van der Waals surface area contributed by atoms with Crippen LogP contribution in [-0.4, -0.2) is 29.9 Å². The zero-order valence-corrected chi connectivity index (χ0v) is 12.3. The summed E-state index contributed by atoms with van der Waals surface area (Å²) in [6, 6.07) is 8.47. The molecule has 0 bridgehead atoms. The molecule has 1 fully saturated rings. The van der Waals surface area contributed by atoms with Crippen molar-refractivity contribution in [3.63, 3.8) is 0 Å². The summed E-state index contributed by atoms with van der Waals surface area (Å²) in [6.45, 7) is 5.70. The van der Waals surface area contributed by atoms with E-state index in [1.54, 1.807) is 0 Å². The molecular weight excluding hydrogens is 260 g/mol. The molecule has 4 heteroatoms. The van der Waals surface area contributed by atoms with Crippen LogP contribution in [0.5, 0.6) is 0 Å². The molecule has 1 heterocycles. The highest BCUT2D eigenvalue weighted by Crippen LogP contribution is 2.23. The highest BCUT2D eigenvalue weighted by Gasteiger charge is 2.26. The van der Waals surface area contributed by atoms with Crippen LogP contribution in [0, 0.1) is 0 Å². The maximum absolute atomic E-state index is 11.6. The topological polar surface area (TPSA) is 32.3 Å². The Morgan fingerprint density at radius 1 is 1.53 bits per heavy atom. The Morgan fingerprint density at radius 3 is 2.95 bits per heavy atom. The number of rotatable bonds is 4. The average molecular weight is 281 g/mol. The summed E-state index contributed by atoms with van der Waals surface area (Å²) >= 11 is 6.20. The highest BCUT2D eigenvalue weighted by molar-refractivity contribution is 6.31. The van der Waals surface area contributed by atoms with Crippen molar-refractivity contribution in [1.29, 1.82) is 0 Å². The third-order valence-corrected chi connectivity index (χ3v) is 4.05. The summed E-state index contributed by atoms with van der Waals surface area (Å²) in [4.78, 5) is 13.6. The maximum Gasteiger partial charge on any atom is 0.222 e. The number of likely N-dealkylation sites (tertiary alicyclic amines) is 1. The summed E-state index contributed by atoms with van der Waals surface area (Å²) in [7, 11) is 0. The van der Waals surface area contributed by atoms with Crippen LogP contribution >= 0.6 is 11.6 Å². The molecule has 1 N–H and O–H groups in total. The predicted octanol–water partition coefficient (Wildman–Crippen LogP) is 3.00. The number of nitrogens with zero attached hydrogens (tertiary/aromatic N) is 1. The van der Waals surface area contributed by atoms with Crippen molar-refractivity contribution >= 4 is 17.5 Å². The van der Waals surface area contributed by atoms with Crippen molar-refractivity contribution in [3.8, 4) is 0 Å². The normalized spacial score (nSPS) is 20.6. The van der Waals surface area contributed by atoms with Gasteiger partial charge in [0.15, 0.2) is 0 Å². The molecule has 0 aromatic heterocycles. The van der Waals surface area contributed by atoms with E-state index in [9.17, 15) is 4.79 Å². The minimum atomic E-state index is 0.204. The predicted molar refractivity (Wildman–Crippen MR) is 78.3 cm³/mol. The van der Waals surface area contributed by atoms with Gasteiger partial charge in [-0.2, -0.15) is 0 Å². The largest absolute Gasteiger partial charge is 0.341 e. The number of hydrogen-bond donors (Lipinski definition) is 1. The van der Waals surface area contributed by atoms with E-state index >= 15 is 0 Å². The molecule has 2 rings (SSSR count). The summed E-state index contributed by atoms with van der Waals surface area (Å²) < 4.78 is 0. The maximum atomic E-state index is 11.6.